The van der Waals surface area contributed by atoms with Crippen molar-refractivity contribution in [2.24, 2.45) is 0 Å². The predicted octanol–water partition coefficient (Wildman–Crippen LogP) is 3.41. The first-order valence-electron chi connectivity index (χ1n) is 7.12. The Morgan fingerprint density at radius 1 is 1.32 bits per heavy atom. The van der Waals surface area contributed by atoms with Crippen LogP contribution in [-0.4, -0.2) is 34.5 Å². The van der Waals surface area contributed by atoms with E-state index in [1.54, 1.807) is 6.33 Å². The minimum Gasteiger partial charge on any atom is -0.478 e. The van der Waals surface area contributed by atoms with Crippen LogP contribution in [0.5, 0.6) is 5.88 Å². The highest BCUT2D eigenvalue weighted by molar-refractivity contribution is 9.09. The van der Waals surface area contributed by atoms with Crippen molar-refractivity contribution in [2.75, 3.05) is 23.4 Å². The van der Waals surface area contributed by atoms with Gasteiger partial charge in [0.05, 0.1) is 6.61 Å². The third-order valence-corrected chi connectivity index (χ3v) is 3.91. The summed E-state index contributed by atoms with van der Waals surface area (Å²) in [6.07, 6.45) is 8.15. The van der Waals surface area contributed by atoms with E-state index in [1.807, 2.05) is 13.0 Å². The molecule has 0 unspecified atom stereocenters. The summed E-state index contributed by atoms with van der Waals surface area (Å²) in [5.74, 6) is 1.66. The molecule has 2 rings (SSSR count). The Kier molecular flexibility index (Phi) is 5.89. The molecule has 0 bridgehead atoms. The number of aromatic nitrogens is 2. The fourth-order valence-corrected chi connectivity index (χ4v) is 3.06. The highest BCUT2D eigenvalue weighted by Gasteiger charge is 2.22. The molecule has 1 saturated carbocycles. The molecule has 1 fully saturated rings. The van der Waals surface area contributed by atoms with Gasteiger partial charge in [-0.05, 0) is 19.8 Å². The molecule has 0 spiro atoms. The summed E-state index contributed by atoms with van der Waals surface area (Å²) in [4.78, 5) is 11.0. The molecule has 0 radical (unpaired) electrons. The van der Waals surface area contributed by atoms with Crippen molar-refractivity contribution < 1.29 is 4.74 Å². The molecular formula is C14H22BrN3O. The number of ether oxygens (including phenoxy) is 1. The fourth-order valence-electron chi connectivity index (χ4n) is 2.68. The van der Waals surface area contributed by atoms with Crippen LogP contribution in [0.1, 0.15) is 39.0 Å². The van der Waals surface area contributed by atoms with Gasteiger partial charge in [0.1, 0.15) is 12.1 Å². The lowest BCUT2D eigenvalue weighted by atomic mass is 9.94. The number of alkyl halides is 1. The van der Waals surface area contributed by atoms with E-state index in [4.69, 9.17) is 4.74 Å². The second-order valence-electron chi connectivity index (χ2n) is 4.82. The SMILES string of the molecule is CCOc1cc(N(CCBr)C2CCCCC2)ncn1. The predicted molar refractivity (Wildman–Crippen MR) is 81.2 cm³/mol. The summed E-state index contributed by atoms with van der Waals surface area (Å²) in [5, 5.41) is 0.956. The van der Waals surface area contributed by atoms with Crippen molar-refractivity contribution >= 4 is 21.7 Å². The normalized spacial score (nSPS) is 16.3. The minimum atomic E-state index is 0.607. The zero-order chi connectivity index (χ0) is 13.5. The zero-order valence-electron chi connectivity index (χ0n) is 11.5. The Balaban J connectivity index is 2.14. The van der Waals surface area contributed by atoms with E-state index in [2.05, 4.69) is 30.8 Å². The molecule has 1 heterocycles. The summed E-state index contributed by atoms with van der Waals surface area (Å²) < 4.78 is 5.47. The van der Waals surface area contributed by atoms with Gasteiger partial charge in [-0.3, -0.25) is 0 Å². The molecule has 1 aromatic heterocycles. The molecule has 1 aliphatic carbocycles. The van der Waals surface area contributed by atoms with Gasteiger partial charge in [0.15, 0.2) is 0 Å². The molecule has 19 heavy (non-hydrogen) atoms. The van der Waals surface area contributed by atoms with Gasteiger partial charge < -0.3 is 9.64 Å². The maximum Gasteiger partial charge on any atom is 0.218 e. The van der Waals surface area contributed by atoms with Crippen LogP contribution in [0.25, 0.3) is 0 Å². The molecule has 0 aliphatic heterocycles. The van der Waals surface area contributed by atoms with Crippen LogP contribution in [0.4, 0.5) is 5.82 Å². The number of hydrogen-bond donors (Lipinski definition) is 0. The Morgan fingerprint density at radius 2 is 2.11 bits per heavy atom. The Bertz CT molecular complexity index is 383. The van der Waals surface area contributed by atoms with Gasteiger partial charge in [-0.1, -0.05) is 35.2 Å². The number of hydrogen-bond acceptors (Lipinski definition) is 4. The van der Waals surface area contributed by atoms with E-state index >= 15 is 0 Å². The lowest BCUT2D eigenvalue weighted by Crippen LogP contribution is -2.38. The number of halogens is 1. The van der Waals surface area contributed by atoms with Crippen molar-refractivity contribution in [3.05, 3.63) is 12.4 Å². The summed E-state index contributed by atoms with van der Waals surface area (Å²) in [6, 6.07) is 2.57. The van der Waals surface area contributed by atoms with E-state index in [1.165, 1.54) is 32.1 Å². The Labute approximate surface area is 123 Å². The minimum absolute atomic E-state index is 0.607. The van der Waals surface area contributed by atoms with Gasteiger partial charge in [0, 0.05) is 24.0 Å². The van der Waals surface area contributed by atoms with E-state index in [9.17, 15) is 0 Å². The number of nitrogens with zero attached hydrogens (tertiary/aromatic N) is 3. The molecule has 106 valence electrons. The summed E-state index contributed by atoms with van der Waals surface area (Å²) in [7, 11) is 0. The van der Waals surface area contributed by atoms with Crippen molar-refractivity contribution in [2.45, 2.75) is 45.1 Å². The van der Waals surface area contributed by atoms with E-state index < -0.39 is 0 Å². The third-order valence-electron chi connectivity index (χ3n) is 3.55. The standard InChI is InChI=1S/C14H22BrN3O/c1-2-19-14-10-13(16-11-17-14)18(9-8-15)12-6-4-3-5-7-12/h10-12H,2-9H2,1H3. The van der Waals surface area contributed by atoms with Gasteiger partial charge >= 0.3 is 0 Å². The van der Waals surface area contributed by atoms with Crippen LogP contribution in [0.15, 0.2) is 12.4 Å². The average Bonchev–Trinajstić information content (AvgIpc) is 2.46. The van der Waals surface area contributed by atoms with Crippen LogP contribution in [-0.2, 0) is 0 Å². The van der Waals surface area contributed by atoms with Gasteiger partial charge in [-0.2, -0.15) is 0 Å². The maximum absolute atomic E-state index is 5.47. The highest BCUT2D eigenvalue weighted by Crippen LogP contribution is 2.27. The molecule has 0 aromatic carbocycles. The number of rotatable bonds is 6. The van der Waals surface area contributed by atoms with Gasteiger partial charge in [0.25, 0.3) is 0 Å². The van der Waals surface area contributed by atoms with Crippen LogP contribution < -0.4 is 9.64 Å². The van der Waals surface area contributed by atoms with Crippen LogP contribution in [0.2, 0.25) is 0 Å². The second-order valence-corrected chi connectivity index (χ2v) is 5.61. The second kappa shape index (κ2) is 7.68. The number of anilines is 1. The van der Waals surface area contributed by atoms with Gasteiger partial charge in [-0.15, -0.1) is 0 Å². The van der Waals surface area contributed by atoms with Crippen molar-refractivity contribution in [3.63, 3.8) is 0 Å². The van der Waals surface area contributed by atoms with Gasteiger partial charge in [-0.25, -0.2) is 9.97 Å². The quantitative estimate of drug-likeness (QED) is 0.750. The van der Waals surface area contributed by atoms with Crippen LogP contribution >= 0.6 is 15.9 Å². The third kappa shape index (κ3) is 4.06. The summed E-state index contributed by atoms with van der Waals surface area (Å²) in [5.41, 5.74) is 0. The first-order valence-corrected chi connectivity index (χ1v) is 8.24. The van der Waals surface area contributed by atoms with Crippen LogP contribution in [0.3, 0.4) is 0 Å². The largest absolute Gasteiger partial charge is 0.478 e. The molecular weight excluding hydrogens is 306 g/mol. The average molecular weight is 328 g/mol. The monoisotopic (exact) mass is 327 g/mol. The molecule has 0 N–H and O–H groups in total. The van der Waals surface area contributed by atoms with Gasteiger partial charge in [0.2, 0.25) is 5.88 Å². The summed E-state index contributed by atoms with van der Waals surface area (Å²) in [6.45, 7) is 3.59. The first-order chi connectivity index (χ1) is 9.35. The summed E-state index contributed by atoms with van der Waals surface area (Å²) >= 11 is 3.55. The Hall–Kier alpha value is -0.840. The first kappa shape index (κ1) is 14.6. The molecule has 1 aromatic rings. The molecule has 0 saturated heterocycles. The van der Waals surface area contributed by atoms with E-state index in [0.717, 1.165) is 17.7 Å². The maximum atomic E-state index is 5.47. The lowest BCUT2D eigenvalue weighted by molar-refractivity contribution is 0.325. The van der Waals surface area contributed by atoms with E-state index in [-0.39, 0.29) is 0 Å². The lowest BCUT2D eigenvalue weighted by Gasteiger charge is -2.34. The Morgan fingerprint density at radius 3 is 2.79 bits per heavy atom. The molecule has 4 nitrogen and oxygen atoms in total. The van der Waals surface area contributed by atoms with E-state index in [0.29, 0.717) is 18.5 Å². The van der Waals surface area contributed by atoms with Crippen LogP contribution in [0, 0.1) is 0 Å². The van der Waals surface area contributed by atoms with Crippen molar-refractivity contribution in [1.29, 1.82) is 0 Å². The fraction of sp³-hybridized carbons (Fsp3) is 0.714. The molecule has 1 aliphatic rings. The highest BCUT2D eigenvalue weighted by atomic mass is 79.9. The van der Waals surface area contributed by atoms with Crippen molar-refractivity contribution in [1.82, 2.24) is 9.97 Å². The zero-order valence-corrected chi connectivity index (χ0v) is 13.1. The molecule has 5 heteroatoms. The molecule has 0 amide bonds. The van der Waals surface area contributed by atoms with Crippen molar-refractivity contribution in [3.8, 4) is 5.88 Å². The topological polar surface area (TPSA) is 38.2 Å². The molecule has 0 atom stereocenters. The smallest absolute Gasteiger partial charge is 0.218 e.